The van der Waals surface area contributed by atoms with Crippen LogP contribution in [0.2, 0.25) is 0 Å². The molecule has 0 aromatic carbocycles. The number of likely N-dealkylation sites (N-methyl/N-ethyl adjacent to an activating group) is 1. The van der Waals surface area contributed by atoms with E-state index in [0.717, 1.165) is 77.0 Å². The lowest BCUT2D eigenvalue weighted by molar-refractivity contribution is -0.870. The zero-order chi connectivity index (χ0) is 57.0. The van der Waals surface area contributed by atoms with Crippen LogP contribution >= 0.6 is 7.82 Å². The summed E-state index contributed by atoms with van der Waals surface area (Å²) >= 11 is 0. The number of carbonyl (C=O) groups excluding carboxylic acids is 1. The molecule has 1 amide bonds. The van der Waals surface area contributed by atoms with Gasteiger partial charge in [0.05, 0.1) is 39.9 Å². The van der Waals surface area contributed by atoms with Gasteiger partial charge in [0.15, 0.2) is 0 Å². The van der Waals surface area contributed by atoms with Crippen LogP contribution in [0.15, 0.2) is 97.2 Å². The summed E-state index contributed by atoms with van der Waals surface area (Å²) in [4.78, 5) is 23.3. The van der Waals surface area contributed by atoms with Crippen LogP contribution in [0.5, 0.6) is 0 Å². The highest BCUT2D eigenvalue weighted by molar-refractivity contribution is 7.47. The van der Waals surface area contributed by atoms with Crippen molar-refractivity contribution in [3.63, 3.8) is 0 Å². The van der Waals surface area contributed by atoms with Gasteiger partial charge in [-0.25, -0.2) is 4.57 Å². The van der Waals surface area contributed by atoms with Crippen LogP contribution in [0.1, 0.15) is 284 Å². The topological polar surface area (TPSA) is 105 Å². The van der Waals surface area contributed by atoms with E-state index in [1.807, 2.05) is 27.2 Å². The highest BCUT2D eigenvalue weighted by Gasteiger charge is 2.27. The van der Waals surface area contributed by atoms with Crippen LogP contribution in [0.25, 0.3) is 0 Å². The molecule has 3 atom stereocenters. The smallest absolute Gasteiger partial charge is 0.387 e. The number of amides is 1. The molecule has 0 aliphatic heterocycles. The van der Waals surface area contributed by atoms with Gasteiger partial charge >= 0.3 is 7.82 Å². The Morgan fingerprint density at radius 3 is 1.18 bits per heavy atom. The zero-order valence-corrected chi connectivity index (χ0v) is 52.5. The minimum atomic E-state index is -4.36. The molecule has 0 heterocycles. The Bertz CT molecular complexity index is 1590. The van der Waals surface area contributed by atoms with Crippen molar-refractivity contribution in [1.82, 2.24) is 5.32 Å². The van der Waals surface area contributed by atoms with Gasteiger partial charge in [0.25, 0.3) is 0 Å². The van der Waals surface area contributed by atoms with Gasteiger partial charge in [-0.05, 0) is 83.5 Å². The second-order valence-electron chi connectivity index (χ2n) is 23.1. The van der Waals surface area contributed by atoms with Gasteiger partial charge in [0.1, 0.15) is 13.2 Å². The summed E-state index contributed by atoms with van der Waals surface area (Å²) in [6.45, 7) is 4.70. The van der Waals surface area contributed by atoms with Crippen LogP contribution in [0.4, 0.5) is 0 Å². The van der Waals surface area contributed by atoms with Gasteiger partial charge in [-0.1, -0.05) is 291 Å². The molecular weight excluding hydrogens is 984 g/mol. The molecule has 0 aliphatic rings. The number of quaternary nitrogens is 1. The molecule has 0 rings (SSSR count). The van der Waals surface area contributed by atoms with Crippen molar-refractivity contribution < 1.29 is 32.9 Å². The third-order valence-electron chi connectivity index (χ3n) is 14.3. The number of phosphoric acid groups is 1. The standard InChI is InChI=1S/C69H125N2O6P/c1-6-8-10-12-14-16-18-20-22-24-25-26-27-28-29-30-31-32-33-34-35-36-37-38-39-40-41-42-43-44-45-47-49-51-53-55-57-59-61-63-69(73)70-67(66-77-78(74,75)76-65-64-71(3,4)5)68(72)62-60-58-56-54-52-50-48-46-23-21-19-17-15-13-11-9-7-2/h8,10,14,16,20,22,25-26,28-29,31-32,52,54,60,62,67-68,72H,6-7,9,11-13,15,17-19,21,23-24,27,30,33-51,53,55-59,61,63-66H2,1-5H3,(H-,70,73,74,75)/p+1/b10-8-,16-14-,22-20-,26-25-,29-28-,32-31-,54-52+,62-60+. The first kappa shape index (κ1) is 75.4. The molecule has 0 aromatic heterocycles. The van der Waals surface area contributed by atoms with Gasteiger partial charge in [0.2, 0.25) is 5.91 Å². The monoisotopic (exact) mass is 1110 g/mol. The zero-order valence-electron chi connectivity index (χ0n) is 51.6. The maximum Gasteiger partial charge on any atom is 0.472 e. The van der Waals surface area contributed by atoms with Gasteiger partial charge in [-0.2, -0.15) is 0 Å². The Labute approximate surface area is 483 Å². The molecule has 78 heavy (non-hydrogen) atoms. The van der Waals surface area contributed by atoms with Crippen molar-refractivity contribution in [3.8, 4) is 0 Å². The molecular formula is C69H126N2O6P+. The summed E-state index contributed by atoms with van der Waals surface area (Å²) in [6, 6.07) is -0.866. The minimum absolute atomic E-state index is 0.0547. The number of hydrogen-bond acceptors (Lipinski definition) is 5. The van der Waals surface area contributed by atoms with E-state index in [9.17, 15) is 19.4 Å². The number of unbranched alkanes of at least 4 members (excludes halogenated alkanes) is 32. The SMILES string of the molecule is CC/C=C\C/C=C\C/C=C\C/C=C\C/C=C\C/C=C\CCCCCCCCCCCCCCCCCCCCCCC(=O)NC(COP(=O)(O)OCC[N+](C)(C)C)C(O)/C=C/CC/C=C/CCCCCCCCCCCCC. The average Bonchev–Trinajstić information content (AvgIpc) is 3.40. The van der Waals surface area contributed by atoms with E-state index in [1.165, 1.54) is 186 Å². The molecule has 0 fully saturated rings. The van der Waals surface area contributed by atoms with Crippen molar-refractivity contribution in [2.24, 2.45) is 0 Å². The molecule has 9 heteroatoms. The van der Waals surface area contributed by atoms with Gasteiger partial charge < -0.3 is 19.8 Å². The van der Waals surface area contributed by atoms with Crippen LogP contribution in [-0.4, -0.2) is 73.4 Å². The molecule has 0 bridgehead atoms. The van der Waals surface area contributed by atoms with Gasteiger partial charge in [-0.15, -0.1) is 0 Å². The Kier molecular flexibility index (Phi) is 57.1. The maximum atomic E-state index is 13.0. The van der Waals surface area contributed by atoms with E-state index in [1.54, 1.807) is 6.08 Å². The number of nitrogens with zero attached hydrogens (tertiary/aromatic N) is 1. The molecule has 0 aliphatic carbocycles. The third kappa shape index (κ3) is 61.0. The number of phosphoric ester groups is 1. The number of hydrogen-bond donors (Lipinski definition) is 3. The fourth-order valence-corrected chi connectivity index (χ4v) is 9.98. The molecule has 0 aromatic rings. The largest absolute Gasteiger partial charge is 0.472 e. The van der Waals surface area contributed by atoms with E-state index >= 15 is 0 Å². The number of aliphatic hydroxyl groups is 1. The lowest BCUT2D eigenvalue weighted by Gasteiger charge is -2.25. The Morgan fingerprint density at radius 1 is 0.449 bits per heavy atom. The van der Waals surface area contributed by atoms with Crippen molar-refractivity contribution in [1.29, 1.82) is 0 Å². The predicted molar refractivity (Wildman–Crippen MR) is 341 cm³/mol. The molecule has 0 radical (unpaired) electrons. The van der Waals surface area contributed by atoms with Crippen LogP contribution in [-0.2, 0) is 18.4 Å². The Morgan fingerprint density at radius 2 is 0.782 bits per heavy atom. The molecule has 8 nitrogen and oxygen atoms in total. The summed E-state index contributed by atoms with van der Waals surface area (Å²) in [5.41, 5.74) is 0. The summed E-state index contributed by atoms with van der Waals surface area (Å²) < 4.78 is 23.7. The second kappa shape index (κ2) is 59.1. The first-order valence-corrected chi connectivity index (χ1v) is 34.1. The van der Waals surface area contributed by atoms with Crippen molar-refractivity contribution in [3.05, 3.63) is 97.2 Å². The van der Waals surface area contributed by atoms with E-state index < -0.39 is 20.0 Å². The Hall–Kier alpha value is -2.58. The molecule has 0 saturated carbocycles. The fraction of sp³-hybridized carbons (Fsp3) is 0.754. The highest BCUT2D eigenvalue weighted by Crippen LogP contribution is 2.43. The molecule has 3 N–H and O–H groups in total. The minimum Gasteiger partial charge on any atom is -0.387 e. The average molecular weight is 1110 g/mol. The van der Waals surface area contributed by atoms with Crippen LogP contribution < -0.4 is 5.32 Å². The number of carbonyl (C=O) groups is 1. The third-order valence-corrected chi connectivity index (χ3v) is 15.3. The van der Waals surface area contributed by atoms with E-state index in [4.69, 9.17) is 9.05 Å². The number of allylic oxidation sites excluding steroid dienone is 15. The second-order valence-corrected chi connectivity index (χ2v) is 24.6. The van der Waals surface area contributed by atoms with E-state index in [2.05, 4.69) is 104 Å². The van der Waals surface area contributed by atoms with Gasteiger partial charge in [-0.3, -0.25) is 13.8 Å². The highest BCUT2D eigenvalue weighted by atomic mass is 31.2. The van der Waals surface area contributed by atoms with Gasteiger partial charge in [0, 0.05) is 6.42 Å². The molecule has 0 spiro atoms. The number of rotatable bonds is 59. The van der Waals surface area contributed by atoms with E-state index in [0.29, 0.717) is 17.4 Å². The number of aliphatic hydroxyl groups excluding tert-OH is 1. The quantitative estimate of drug-likeness (QED) is 0.0243. The summed E-state index contributed by atoms with van der Waals surface area (Å²) in [6.07, 6.45) is 85.4. The first-order chi connectivity index (χ1) is 38.0. The first-order valence-electron chi connectivity index (χ1n) is 32.6. The van der Waals surface area contributed by atoms with Crippen molar-refractivity contribution in [2.75, 3.05) is 40.9 Å². The molecule has 3 unspecified atom stereocenters. The predicted octanol–water partition coefficient (Wildman–Crippen LogP) is 20.5. The number of nitrogens with one attached hydrogen (secondary N) is 1. The van der Waals surface area contributed by atoms with Crippen molar-refractivity contribution >= 4 is 13.7 Å². The van der Waals surface area contributed by atoms with Crippen LogP contribution in [0.3, 0.4) is 0 Å². The van der Waals surface area contributed by atoms with E-state index in [-0.39, 0.29) is 19.1 Å². The molecule has 0 saturated heterocycles. The summed E-state index contributed by atoms with van der Waals surface area (Å²) in [7, 11) is 1.56. The normalized spacial score (nSPS) is 14.4. The lowest BCUT2D eigenvalue weighted by atomic mass is 10.0. The van der Waals surface area contributed by atoms with Crippen LogP contribution in [0, 0.1) is 0 Å². The van der Waals surface area contributed by atoms with Crippen molar-refractivity contribution in [2.45, 2.75) is 296 Å². The fourth-order valence-electron chi connectivity index (χ4n) is 9.24. The lowest BCUT2D eigenvalue weighted by Crippen LogP contribution is -2.45. The summed E-state index contributed by atoms with van der Waals surface area (Å²) in [5.74, 6) is -0.185. The summed E-state index contributed by atoms with van der Waals surface area (Å²) in [5, 5.41) is 13.9. The molecule has 452 valence electrons. The maximum absolute atomic E-state index is 13.0. The Balaban J connectivity index is 4.01.